The second kappa shape index (κ2) is 14.6. The molecule has 31 heavy (non-hydrogen) atoms. The maximum atomic E-state index is 12.8. The molecular formula is C18H34N6O6S. The Kier molecular flexibility index (Phi) is 13.5. The molecule has 0 aromatic carbocycles. The fourth-order valence-corrected chi connectivity index (χ4v) is 2.83. The van der Waals surface area contributed by atoms with E-state index in [0.29, 0.717) is 19.4 Å². The molecule has 0 aliphatic rings. The lowest BCUT2D eigenvalue weighted by molar-refractivity contribution is -0.142. The van der Waals surface area contributed by atoms with Crippen molar-refractivity contribution in [2.45, 2.75) is 63.7 Å². The van der Waals surface area contributed by atoms with Crippen molar-refractivity contribution >= 4 is 42.2 Å². The van der Waals surface area contributed by atoms with Crippen LogP contribution in [0.25, 0.3) is 0 Å². The largest absolute Gasteiger partial charge is 0.480 e. The van der Waals surface area contributed by atoms with Gasteiger partial charge in [-0.2, -0.15) is 12.6 Å². The van der Waals surface area contributed by atoms with Crippen LogP contribution in [-0.4, -0.2) is 71.2 Å². The Bertz CT molecular complexity index is 647. The van der Waals surface area contributed by atoms with Crippen LogP contribution < -0.4 is 33.2 Å². The minimum absolute atomic E-state index is 0.130. The molecule has 0 fully saturated rings. The summed E-state index contributed by atoms with van der Waals surface area (Å²) >= 11 is 3.89. The number of nitrogens with two attached hydrogens (primary N) is 3. The van der Waals surface area contributed by atoms with E-state index in [1.807, 2.05) is 0 Å². The molecule has 0 aliphatic heterocycles. The van der Waals surface area contributed by atoms with Gasteiger partial charge >= 0.3 is 5.97 Å². The highest BCUT2D eigenvalue weighted by atomic mass is 32.1. The summed E-state index contributed by atoms with van der Waals surface area (Å²) in [6, 6.07) is -4.53. The van der Waals surface area contributed by atoms with E-state index in [1.165, 1.54) is 0 Å². The first-order valence-corrected chi connectivity index (χ1v) is 10.6. The van der Waals surface area contributed by atoms with Crippen molar-refractivity contribution in [3.05, 3.63) is 0 Å². The van der Waals surface area contributed by atoms with Crippen molar-refractivity contribution in [3.8, 4) is 0 Å². The number of primary amides is 1. The van der Waals surface area contributed by atoms with E-state index in [4.69, 9.17) is 22.3 Å². The number of carboxylic acid groups (broad SMARTS) is 1. The number of unbranched alkanes of at least 4 members (excludes halogenated alkanes) is 1. The van der Waals surface area contributed by atoms with Crippen LogP contribution in [0.5, 0.6) is 0 Å². The van der Waals surface area contributed by atoms with Crippen molar-refractivity contribution in [3.63, 3.8) is 0 Å². The van der Waals surface area contributed by atoms with Gasteiger partial charge in [-0.15, -0.1) is 0 Å². The van der Waals surface area contributed by atoms with Crippen LogP contribution in [0.2, 0.25) is 0 Å². The Balaban J connectivity index is 5.35. The number of aliphatic carboxylic acids is 1. The van der Waals surface area contributed by atoms with Crippen molar-refractivity contribution in [1.29, 1.82) is 0 Å². The van der Waals surface area contributed by atoms with Gasteiger partial charge in [0.25, 0.3) is 0 Å². The molecule has 4 amide bonds. The Labute approximate surface area is 186 Å². The van der Waals surface area contributed by atoms with Crippen LogP contribution in [0.1, 0.15) is 39.5 Å². The van der Waals surface area contributed by atoms with Crippen LogP contribution in [0.3, 0.4) is 0 Å². The highest BCUT2D eigenvalue weighted by Gasteiger charge is 2.31. The summed E-state index contributed by atoms with van der Waals surface area (Å²) in [7, 11) is 0. The van der Waals surface area contributed by atoms with Gasteiger partial charge in [-0.3, -0.25) is 19.2 Å². The zero-order valence-corrected chi connectivity index (χ0v) is 18.7. The van der Waals surface area contributed by atoms with Crippen LogP contribution in [-0.2, 0) is 24.0 Å². The van der Waals surface area contributed by atoms with Gasteiger partial charge < -0.3 is 38.3 Å². The zero-order chi connectivity index (χ0) is 24.1. The third-order valence-corrected chi connectivity index (χ3v) is 4.75. The summed E-state index contributed by atoms with van der Waals surface area (Å²) in [4.78, 5) is 59.7. The number of nitrogens with one attached hydrogen (secondary N) is 3. The minimum Gasteiger partial charge on any atom is -0.480 e. The normalized spacial score (nSPS) is 14.8. The van der Waals surface area contributed by atoms with Crippen LogP contribution in [0.4, 0.5) is 0 Å². The van der Waals surface area contributed by atoms with Crippen molar-refractivity contribution in [1.82, 2.24) is 16.0 Å². The molecule has 4 atom stereocenters. The molecule has 0 aliphatic carbocycles. The number of amides is 4. The predicted molar refractivity (Wildman–Crippen MR) is 117 cm³/mol. The molecule has 10 N–H and O–H groups in total. The first kappa shape index (κ1) is 28.6. The first-order valence-electron chi connectivity index (χ1n) is 9.93. The second-order valence-electron chi connectivity index (χ2n) is 7.43. The summed E-state index contributed by atoms with van der Waals surface area (Å²) in [5.41, 5.74) is 16.1. The smallest absolute Gasteiger partial charge is 0.327 e. The topological polar surface area (TPSA) is 220 Å². The molecule has 0 saturated heterocycles. The van der Waals surface area contributed by atoms with Gasteiger partial charge in [-0.1, -0.05) is 13.8 Å². The summed E-state index contributed by atoms with van der Waals surface area (Å²) in [5, 5.41) is 16.4. The van der Waals surface area contributed by atoms with Gasteiger partial charge in [0.15, 0.2) is 0 Å². The van der Waals surface area contributed by atoms with Gasteiger partial charge in [0.2, 0.25) is 23.6 Å². The third-order valence-electron chi connectivity index (χ3n) is 4.38. The van der Waals surface area contributed by atoms with Crippen molar-refractivity contribution in [2.75, 3.05) is 12.3 Å². The van der Waals surface area contributed by atoms with E-state index in [-0.39, 0.29) is 24.5 Å². The zero-order valence-electron chi connectivity index (χ0n) is 17.8. The maximum Gasteiger partial charge on any atom is 0.327 e. The van der Waals surface area contributed by atoms with Crippen LogP contribution >= 0.6 is 12.6 Å². The average Bonchev–Trinajstić information content (AvgIpc) is 2.67. The molecule has 0 rings (SSSR count). The third kappa shape index (κ3) is 11.0. The lowest BCUT2D eigenvalue weighted by atomic mass is 10.0. The summed E-state index contributed by atoms with van der Waals surface area (Å²) in [6.07, 6.45) is 0.946. The molecule has 178 valence electrons. The highest BCUT2D eigenvalue weighted by molar-refractivity contribution is 7.80. The van der Waals surface area contributed by atoms with Crippen molar-refractivity contribution < 1.29 is 29.1 Å². The fraction of sp³-hybridized carbons (Fsp3) is 0.722. The molecule has 0 radical (unpaired) electrons. The monoisotopic (exact) mass is 462 g/mol. The summed E-state index contributed by atoms with van der Waals surface area (Å²) in [5.74, 6) is -4.61. The lowest BCUT2D eigenvalue weighted by Crippen LogP contribution is -2.58. The molecule has 12 nitrogen and oxygen atoms in total. The number of hydrogen-bond acceptors (Lipinski definition) is 8. The van der Waals surface area contributed by atoms with Crippen LogP contribution in [0.15, 0.2) is 0 Å². The Hall–Kier alpha value is -2.38. The fourth-order valence-electron chi connectivity index (χ4n) is 2.59. The van der Waals surface area contributed by atoms with E-state index in [1.54, 1.807) is 13.8 Å². The minimum atomic E-state index is -1.26. The lowest BCUT2D eigenvalue weighted by Gasteiger charge is -2.27. The van der Waals surface area contributed by atoms with E-state index < -0.39 is 53.8 Å². The first-order chi connectivity index (χ1) is 14.4. The number of rotatable bonds is 15. The number of hydrogen-bond donors (Lipinski definition) is 8. The van der Waals surface area contributed by atoms with Gasteiger partial charge in [0.1, 0.15) is 18.1 Å². The molecule has 13 heteroatoms. The molecule has 0 bridgehead atoms. The quantitative estimate of drug-likeness (QED) is 0.0953. The molecule has 0 spiro atoms. The number of carboxylic acids is 1. The second-order valence-corrected chi connectivity index (χ2v) is 7.80. The Morgan fingerprint density at radius 1 is 0.935 bits per heavy atom. The molecule has 0 saturated carbocycles. The maximum absolute atomic E-state index is 12.8. The summed E-state index contributed by atoms with van der Waals surface area (Å²) in [6.45, 7) is 3.73. The molecule has 0 aromatic rings. The van der Waals surface area contributed by atoms with Crippen molar-refractivity contribution in [2.24, 2.45) is 23.1 Å². The Morgan fingerprint density at radius 2 is 1.52 bits per heavy atom. The van der Waals surface area contributed by atoms with Crippen LogP contribution in [0, 0.1) is 5.92 Å². The van der Waals surface area contributed by atoms with E-state index >= 15 is 0 Å². The molecule has 0 aromatic heterocycles. The number of carbonyl (C=O) groups is 5. The number of thiol groups is 1. The molecule has 0 heterocycles. The molecule has 4 unspecified atom stereocenters. The van der Waals surface area contributed by atoms with E-state index in [9.17, 15) is 24.0 Å². The van der Waals surface area contributed by atoms with Gasteiger partial charge in [-0.05, 0) is 31.7 Å². The number of carbonyl (C=O) groups excluding carboxylic acids is 4. The van der Waals surface area contributed by atoms with Gasteiger partial charge in [0, 0.05) is 5.75 Å². The highest BCUT2D eigenvalue weighted by Crippen LogP contribution is 2.07. The SMILES string of the molecule is CC(C)C(NC(=O)C(CCCCN)NC(=O)C(N)CC(N)=O)C(=O)NC(CS)C(=O)O. The van der Waals surface area contributed by atoms with Gasteiger partial charge in [-0.25, -0.2) is 4.79 Å². The summed E-state index contributed by atoms with van der Waals surface area (Å²) < 4.78 is 0. The Morgan fingerprint density at radius 3 is 1.97 bits per heavy atom. The van der Waals surface area contributed by atoms with E-state index in [0.717, 1.165) is 0 Å². The molecular weight excluding hydrogens is 428 g/mol. The van der Waals surface area contributed by atoms with Gasteiger partial charge in [0.05, 0.1) is 12.5 Å². The standard InChI is InChI=1S/C18H34N6O6S/c1-9(2)14(17(28)23-12(8-31)18(29)30)24-16(27)11(5-3-4-6-19)22-15(26)10(20)7-13(21)25/h9-12,14,31H,3-8,19-20H2,1-2H3,(H2,21,25)(H,22,26)(H,23,28)(H,24,27)(H,29,30). The average molecular weight is 463 g/mol. The van der Waals surface area contributed by atoms with E-state index in [2.05, 4.69) is 28.6 Å². The predicted octanol–water partition coefficient (Wildman–Crippen LogP) is -2.56.